The van der Waals surface area contributed by atoms with Crippen LogP contribution in [0.3, 0.4) is 0 Å². The topological polar surface area (TPSA) is 0 Å². The molecule has 0 radical (unpaired) electrons. The lowest BCUT2D eigenvalue weighted by Gasteiger charge is -2.09. The minimum atomic E-state index is 0. The number of hydrogen-bond acceptors (Lipinski definition) is 0. The van der Waals surface area contributed by atoms with Crippen molar-refractivity contribution < 1.29 is 0 Å². The highest BCUT2D eigenvalue weighted by molar-refractivity contribution is 6.25. The van der Waals surface area contributed by atoms with Gasteiger partial charge in [0.1, 0.15) is 0 Å². The van der Waals surface area contributed by atoms with E-state index in [-0.39, 0.29) is 7.43 Å². The van der Waals surface area contributed by atoms with Crippen LogP contribution in [0.4, 0.5) is 0 Å². The summed E-state index contributed by atoms with van der Waals surface area (Å²) < 4.78 is 0. The summed E-state index contributed by atoms with van der Waals surface area (Å²) in [4.78, 5) is 0. The second kappa shape index (κ2) is 128. The third kappa shape index (κ3) is 140. The zero-order valence-electron chi connectivity index (χ0n) is 85.5. The smallest absolute Gasteiger partial charge is 0.00990 e. The molecule has 0 aliphatic heterocycles. The Balaban J connectivity index is -0.0000000673. The molecule has 0 aliphatic carbocycles. The van der Waals surface area contributed by atoms with Crippen molar-refractivity contribution in [3.63, 3.8) is 0 Å². The third-order valence-electron chi connectivity index (χ3n) is 9.53. The van der Waals surface area contributed by atoms with Crippen molar-refractivity contribution >= 4 is 32.3 Å². The Morgan fingerprint density at radius 3 is 0.222 bits per heavy atom. The highest BCUT2D eigenvalue weighted by atomic mass is 14.1. The number of fused-ring (bicyclic) bond motifs is 6. The van der Waals surface area contributed by atoms with Gasteiger partial charge in [-0.2, -0.15) is 0 Å². The fourth-order valence-corrected chi connectivity index (χ4v) is 6.43. The molecule has 0 bridgehead atoms. The van der Waals surface area contributed by atoms with Crippen LogP contribution < -0.4 is 0 Å². The van der Waals surface area contributed by atoms with Crippen molar-refractivity contribution in [2.45, 2.75) is 326 Å². The van der Waals surface area contributed by atoms with E-state index in [1.165, 1.54) is 43.4 Å². The first-order chi connectivity index (χ1) is 55.9. The van der Waals surface area contributed by atoms with Crippen molar-refractivity contribution in [3.05, 3.63) is 352 Å². The molecule has 0 nitrogen and oxygen atoms in total. The fourth-order valence-electron chi connectivity index (χ4n) is 6.43. The molecule has 0 saturated heterocycles. The van der Waals surface area contributed by atoms with Gasteiger partial charge in [-0.1, -0.05) is 678 Å². The molecular formula is C117H200. The Bertz CT molecular complexity index is 2580. The molecule has 0 aliphatic rings. The van der Waals surface area contributed by atoms with Crippen LogP contribution in [0.2, 0.25) is 0 Å². The van der Waals surface area contributed by atoms with E-state index in [1.54, 1.807) is 0 Å². The van der Waals surface area contributed by atoms with Gasteiger partial charge < -0.3 is 0 Å². The van der Waals surface area contributed by atoms with Crippen LogP contribution in [-0.4, -0.2) is 0 Å². The Kier molecular flexibility index (Phi) is 160. The minimum absolute atomic E-state index is 0. The fraction of sp³-hybridized carbons (Fsp3) is 0.436. The van der Waals surface area contributed by atoms with Gasteiger partial charge in [-0.3, -0.25) is 0 Å². The van der Waals surface area contributed by atoms with Gasteiger partial charge in [-0.15, -0.1) is 0 Å². The molecule has 0 unspecified atom stereocenters. The van der Waals surface area contributed by atoms with E-state index in [9.17, 15) is 0 Å². The molecule has 0 spiro atoms. The standard InChI is InChI=1S/C18H12.C12H10.6C6H6.4C5H12.15C2H6.CH4/c1-2-8-14-13(7-1)15-9-3-4-11-17(15)18-12-6-5-10-16(14)18;1-3-7-11(8-4-1)12-9-5-2-6-10-12;6*1-2-4-6-5-3-1;4*1-5(2,3)4;15*1-2;/h1-12H;1-10H;6*1-6H;4*1-4H3;15*1-2H3;1H4. The summed E-state index contributed by atoms with van der Waals surface area (Å²) in [6.07, 6.45) is 0. The van der Waals surface area contributed by atoms with Crippen LogP contribution in [0.15, 0.2) is 352 Å². The van der Waals surface area contributed by atoms with E-state index in [4.69, 9.17) is 0 Å². The van der Waals surface area contributed by atoms with Crippen LogP contribution >= 0.6 is 0 Å². The zero-order chi connectivity index (χ0) is 93.6. The first-order valence-electron chi connectivity index (χ1n) is 45.3. The lowest BCUT2D eigenvalue weighted by Crippen LogP contribution is -1.93. The summed E-state index contributed by atoms with van der Waals surface area (Å²) in [5.74, 6) is 0. The van der Waals surface area contributed by atoms with E-state index < -0.39 is 0 Å². The van der Waals surface area contributed by atoms with Crippen LogP contribution in [0.25, 0.3) is 43.4 Å². The highest BCUT2D eigenvalue weighted by Crippen LogP contribution is 2.34. The van der Waals surface area contributed by atoms with E-state index >= 15 is 0 Å². The monoisotopic (exact) mass is 1610 g/mol. The first-order valence-corrected chi connectivity index (χ1v) is 45.3. The summed E-state index contributed by atoms with van der Waals surface area (Å²) in [6, 6.07) is 119. The van der Waals surface area contributed by atoms with Gasteiger partial charge in [-0.05, 0) is 65.1 Å². The van der Waals surface area contributed by atoms with Crippen LogP contribution in [0.5, 0.6) is 0 Å². The van der Waals surface area contributed by atoms with Crippen molar-refractivity contribution in [3.8, 4) is 11.1 Å². The van der Waals surface area contributed by atoms with Gasteiger partial charge >= 0.3 is 0 Å². The van der Waals surface area contributed by atoms with Gasteiger partial charge in [0.05, 0.1) is 0 Å². The highest BCUT2D eigenvalue weighted by Gasteiger charge is 2.06. The average Bonchev–Trinajstić information content (AvgIpc) is 0.753. The maximum Gasteiger partial charge on any atom is -0.00990 e. The molecule has 0 saturated carbocycles. The normalized spacial score (nSPS) is 8.02. The summed E-state index contributed by atoms with van der Waals surface area (Å²) in [6.45, 7) is 95.0. The molecule has 0 atom stereocenters. The molecule has 12 aromatic carbocycles. The molecule has 668 valence electrons. The quantitative estimate of drug-likeness (QED) is 0.144. The zero-order valence-corrected chi connectivity index (χ0v) is 85.5. The molecule has 0 fully saturated rings. The van der Waals surface area contributed by atoms with Gasteiger partial charge in [0.15, 0.2) is 0 Å². The maximum absolute atomic E-state index is 2.21. The first kappa shape index (κ1) is 146. The molecular weight excluding hydrogens is 1410 g/mol. The summed E-state index contributed by atoms with van der Waals surface area (Å²) >= 11 is 0. The molecule has 0 heterocycles. The lowest BCUT2D eigenvalue weighted by atomic mass is 9.95. The Hall–Kier alpha value is -8.58. The Morgan fingerprint density at radius 1 is 0.103 bits per heavy atom. The average molecular weight is 1610 g/mol. The Labute approximate surface area is 738 Å². The van der Waals surface area contributed by atoms with Gasteiger partial charge in [0.25, 0.3) is 0 Å². The van der Waals surface area contributed by atoms with E-state index in [2.05, 4.69) is 232 Å². The van der Waals surface area contributed by atoms with Crippen molar-refractivity contribution in [2.75, 3.05) is 0 Å². The molecule has 0 heteroatoms. The van der Waals surface area contributed by atoms with E-state index in [1.807, 2.05) is 438 Å². The predicted octanol–water partition coefficient (Wildman–Crippen LogP) is 42.9. The molecule has 12 rings (SSSR count). The summed E-state index contributed by atoms with van der Waals surface area (Å²) in [5, 5.41) is 8.04. The third-order valence-corrected chi connectivity index (χ3v) is 9.53. The van der Waals surface area contributed by atoms with Gasteiger partial charge in [0, 0.05) is 0 Å². The van der Waals surface area contributed by atoms with Crippen LogP contribution in [-0.2, 0) is 0 Å². The molecule has 0 amide bonds. The lowest BCUT2D eigenvalue weighted by molar-refractivity contribution is 0.469. The van der Waals surface area contributed by atoms with Crippen molar-refractivity contribution in [1.29, 1.82) is 0 Å². The van der Waals surface area contributed by atoms with E-state index in [0.717, 1.165) is 0 Å². The van der Waals surface area contributed by atoms with Gasteiger partial charge in [-0.25, -0.2) is 0 Å². The maximum atomic E-state index is 2.21. The van der Waals surface area contributed by atoms with E-state index in [0.29, 0.717) is 21.7 Å². The second-order valence-corrected chi connectivity index (χ2v) is 26.3. The number of rotatable bonds is 1. The van der Waals surface area contributed by atoms with Crippen LogP contribution in [0.1, 0.15) is 326 Å². The predicted molar refractivity (Wildman–Crippen MR) is 567 cm³/mol. The number of hydrogen-bond donors (Lipinski definition) is 0. The molecule has 117 heavy (non-hydrogen) atoms. The summed E-state index contributed by atoms with van der Waals surface area (Å²) in [7, 11) is 0. The summed E-state index contributed by atoms with van der Waals surface area (Å²) in [5.41, 5.74) is 4.55. The SMILES string of the molecule is C.CC.CC.CC.CC.CC.CC.CC.CC.CC.CC.CC.CC.CC.CC.CC.CC(C)(C)C.CC(C)(C)C.CC(C)(C)C.CC(C)(C)C.c1ccc(-c2ccccc2)cc1.c1ccc2c(c1)c1ccccc1c1ccccc21.c1ccccc1.c1ccccc1.c1ccccc1.c1ccccc1.c1ccccc1.c1ccccc1. The molecule has 0 N–H and O–H groups in total. The van der Waals surface area contributed by atoms with Crippen LogP contribution in [0, 0.1) is 21.7 Å². The second-order valence-electron chi connectivity index (χ2n) is 26.3. The minimum Gasteiger partial charge on any atom is -0.0776 e. The van der Waals surface area contributed by atoms with Crippen molar-refractivity contribution in [1.82, 2.24) is 0 Å². The van der Waals surface area contributed by atoms with Gasteiger partial charge in [0.2, 0.25) is 0 Å². The Morgan fingerprint density at radius 2 is 0.154 bits per heavy atom. The number of benzene rings is 12. The van der Waals surface area contributed by atoms with Crippen molar-refractivity contribution in [2.24, 2.45) is 21.7 Å². The molecule has 0 aromatic heterocycles. The molecule has 12 aromatic rings. The largest absolute Gasteiger partial charge is 0.0776 e.